The molecule has 0 saturated heterocycles. The fraction of sp³-hybridized carbons (Fsp3) is 0.833. The Bertz CT molecular complexity index is 264. The van der Waals surface area contributed by atoms with Gasteiger partial charge in [-0.1, -0.05) is 13.3 Å². The van der Waals surface area contributed by atoms with Gasteiger partial charge >= 0.3 is 6.18 Å². The van der Waals surface area contributed by atoms with E-state index in [1.54, 1.807) is 0 Å². The molecule has 0 aromatic rings. The molecule has 1 rings (SSSR count). The standard InChI is InChI=1S/C12H20F3N/c1-4-11(10-6-5-7-10)9(2)16(3)8-12(13,14)15/h10H,4-8H2,1-3H3/b11-9+. The van der Waals surface area contributed by atoms with Crippen LogP contribution in [0.4, 0.5) is 13.2 Å². The molecule has 16 heavy (non-hydrogen) atoms. The van der Waals surface area contributed by atoms with Gasteiger partial charge in [0.05, 0.1) is 0 Å². The molecule has 0 N–H and O–H groups in total. The van der Waals surface area contributed by atoms with E-state index in [0.717, 1.165) is 25.0 Å². The fourth-order valence-corrected chi connectivity index (χ4v) is 2.23. The van der Waals surface area contributed by atoms with Gasteiger partial charge in [0, 0.05) is 12.7 Å². The summed E-state index contributed by atoms with van der Waals surface area (Å²) in [5.74, 6) is 0.528. The third kappa shape index (κ3) is 3.42. The number of alkyl halides is 3. The molecular formula is C12H20F3N. The Hall–Kier alpha value is -0.670. The second-order valence-electron chi connectivity index (χ2n) is 4.56. The highest BCUT2D eigenvalue weighted by molar-refractivity contribution is 5.16. The van der Waals surface area contributed by atoms with Crippen LogP contribution in [-0.2, 0) is 0 Å². The van der Waals surface area contributed by atoms with Crippen molar-refractivity contribution in [1.29, 1.82) is 0 Å². The number of allylic oxidation sites excluding steroid dienone is 2. The van der Waals surface area contributed by atoms with Crippen molar-refractivity contribution >= 4 is 0 Å². The zero-order valence-electron chi connectivity index (χ0n) is 10.2. The molecule has 4 heteroatoms. The molecule has 1 aliphatic carbocycles. The van der Waals surface area contributed by atoms with E-state index >= 15 is 0 Å². The summed E-state index contributed by atoms with van der Waals surface area (Å²) < 4.78 is 36.8. The van der Waals surface area contributed by atoms with Gasteiger partial charge in [0.25, 0.3) is 0 Å². The van der Waals surface area contributed by atoms with E-state index < -0.39 is 12.7 Å². The molecule has 0 heterocycles. The van der Waals surface area contributed by atoms with Crippen molar-refractivity contribution in [3.8, 4) is 0 Å². The highest BCUT2D eigenvalue weighted by atomic mass is 19.4. The number of hydrogen-bond donors (Lipinski definition) is 0. The largest absolute Gasteiger partial charge is 0.405 e. The molecule has 1 fully saturated rings. The van der Waals surface area contributed by atoms with Crippen molar-refractivity contribution in [3.05, 3.63) is 11.3 Å². The van der Waals surface area contributed by atoms with Crippen LogP contribution in [0.2, 0.25) is 0 Å². The molecule has 94 valence electrons. The Morgan fingerprint density at radius 3 is 2.19 bits per heavy atom. The maximum atomic E-state index is 12.3. The van der Waals surface area contributed by atoms with Crippen LogP contribution < -0.4 is 0 Å². The number of hydrogen-bond acceptors (Lipinski definition) is 1. The lowest BCUT2D eigenvalue weighted by Crippen LogP contribution is -2.31. The van der Waals surface area contributed by atoms with E-state index in [1.165, 1.54) is 23.9 Å². The summed E-state index contributed by atoms with van der Waals surface area (Å²) >= 11 is 0. The van der Waals surface area contributed by atoms with Crippen molar-refractivity contribution in [3.63, 3.8) is 0 Å². The molecule has 0 aromatic heterocycles. The van der Waals surface area contributed by atoms with Crippen LogP contribution in [0.25, 0.3) is 0 Å². The van der Waals surface area contributed by atoms with Gasteiger partial charge in [-0.15, -0.1) is 0 Å². The zero-order valence-corrected chi connectivity index (χ0v) is 10.2. The molecule has 0 amide bonds. The third-order valence-electron chi connectivity index (χ3n) is 3.43. The highest BCUT2D eigenvalue weighted by Gasteiger charge is 2.31. The first-order chi connectivity index (χ1) is 7.35. The van der Waals surface area contributed by atoms with Crippen LogP contribution in [-0.4, -0.2) is 24.7 Å². The Morgan fingerprint density at radius 2 is 1.88 bits per heavy atom. The van der Waals surface area contributed by atoms with E-state index in [-0.39, 0.29) is 0 Å². The van der Waals surface area contributed by atoms with Crippen LogP contribution in [0.1, 0.15) is 39.5 Å². The van der Waals surface area contributed by atoms with Crippen LogP contribution in [0.15, 0.2) is 11.3 Å². The average molecular weight is 235 g/mol. The Balaban J connectivity index is 2.70. The van der Waals surface area contributed by atoms with Gasteiger partial charge in [0.1, 0.15) is 6.54 Å². The molecule has 0 unspecified atom stereocenters. The van der Waals surface area contributed by atoms with Gasteiger partial charge < -0.3 is 4.90 Å². The van der Waals surface area contributed by atoms with E-state index in [1.807, 2.05) is 13.8 Å². The van der Waals surface area contributed by atoms with Crippen LogP contribution >= 0.6 is 0 Å². The van der Waals surface area contributed by atoms with E-state index in [0.29, 0.717) is 5.92 Å². The minimum Gasteiger partial charge on any atom is -0.369 e. The molecule has 0 spiro atoms. The smallest absolute Gasteiger partial charge is 0.369 e. The Labute approximate surface area is 95.3 Å². The Morgan fingerprint density at radius 1 is 1.31 bits per heavy atom. The van der Waals surface area contributed by atoms with Crippen molar-refractivity contribution in [2.24, 2.45) is 5.92 Å². The lowest BCUT2D eigenvalue weighted by atomic mass is 9.78. The lowest BCUT2D eigenvalue weighted by molar-refractivity contribution is -0.139. The summed E-state index contributed by atoms with van der Waals surface area (Å²) in [5, 5.41) is 0. The third-order valence-corrected chi connectivity index (χ3v) is 3.43. The summed E-state index contributed by atoms with van der Waals surface area (Å²) in [4.78, 5) is 1.33. The van der Waals surface area contributed by atoms with Gasteiger partial charge in [-0.25, -0.2) is 0 Å². The quantitative estimate of drug-likeness (QED) is 0.712. The predicted octanol–water partition coefficient (Wildman–Crippen LogP) is 3.96. The molecule has 0 aromatic carbocycles. The van der Waals surface area contributed by atoms with Crippen molar-refractivity contribution < 1.29 is 13.2 Å². The zero-order chi connectivity index (χ0) is 12.3. The molecule has 1 aliphatic rings. The van der Waals surface area contributed by atoms with E-state index in [2.05, 4.69) is 0 Å². The second kappa shape index (κ2) is 5.11. The molecule has 0 aliphatic heterocycles. The second-order valence-corrected chi connectivity index (χ2v) is 4.56. The first-order valence-electron chi connectivity index (χ1n) is 5.82. The summed E-state index contributed by atoms with van der Waals surface area (Å²) in [6.45, 7) is 2.98. The Kier molecular flexibility index (Phi) is 4.28. The van der Waals surface area contributed by atoms with Crippen molar-refractivity contribution in [2.45, 2.75) is 45.7 Å². The van der Waals surface area contributed by atoms with E-state index in [4.69, 9.17) is 0 Å². The first kappa shape index (κ1) is 13.4. The molecule has 1 nitrogen and oxygen atoms in total. The van der Waals surface area contributed by atoms with E-state index in [9.17, 15) is 13.2 Å². The summed E-state index contributed by atoms with van der Waals surface area (Å²) in [6, 6.07) is 0. The van der Waals surface area contributed by atoms with Gasteiger partial charge in [0.15, 0.2) is 0 Å². The first-order valence-corrected chi connectivity index (χ1v) is 5.82. The average Bonchev–Trinajstić information content (AvgIpc) is 2.06. The summed E-state index contributed by atoms with van der Waals surface area (Å²) in [7, 11) is 1.52. The summed E-state index contributed by atoms with van der Waals surface area (Å²) in [6.07, 6.45) is 0.234. The van der Waals surface area contributed by atoms with Crippen LogP contribution in [0.3, 0.4) is 0 Å². The SMILES string of the molecule is CC/C(=C(/C)N(C)CC(F)(F)F)C1CCC1. The topological polar surface area (TPSA) is 3.24 Å². The molecule has 0 bridgehead atoms. The van der Waals surface area contributed by atoms with Gasteiger partial charge in [-0.3, -0.25) is 0 Å². The maximum absolute atomic E-state index is 12.3. The predicted molar refractivity (Wildman–Crippen MR) is 59.0 cm³/mol. The maximum Gasteiger partial charge on any atom is 0.405 e. The van der Waals surface area contributed by atoms with Gasteiger partial charge in [-0.2, -0.15) is 13.2 Å². The number of halogens is 3. The van der Waals surface area contributed by atoms with Crippen molar-refractivity contribution in [2.75, 3.05) is 13.6 Å². The number of rotatable bonds is 4. The minimum absolute atomic E-state index is 0.528. The number of nitrogens with zero attached hydrogens (tertiary/aromatic N) is 1. The van der Waals surface area contributed by atoms with Crippen molar-refractivity contribution in [1.82, 2.24) is 4.90 Å². The van der Waals surface area contributed by atoms with Gasteiger partial charge in [-0.05, 0) is 37.7 Å². The van der Waals surface area contributed by atoms with Crippen LogP contribution in [0, 0.1) is 5.92 Å². The fourth-order valence-electron chi connectivity index (χ4n) is 2.23. The monoisotopic (exact) mass is 235 g/mol. The molecule has 0 radical (unpaired) electrons. The highest BCUT2D eigenvalue weighted by Crippen LogP contribution is 2.37. The summed E-state index contributed by atoms with van der Waals surface area (Å²) in [5.41, 5.74) is 2.02. The normalized spacial score (nSPS) is 19.1. The molecule has 1 saturated carbocycles. The van der Waals surface area contributed by atoms with Gasteiger partial charge in [0.2, 0.25) is 0 Å². The molecule has 0 atom stereocenters. The minimum atomic E-state index is -4.12. The lowest BCUT2D eigenvalue weighted by Gasteiger charge is -2.32. The van der Waals surface area contributed by atoms with Crippen LogP contribution in [0.5, 0.6) is 0 Å². The molecular weight excluding hydrogens is 215 g/mol.